The summed E-state index contributed by atoms with van der Waals surface area (Å²) < 4.78 is 49.1. The van der Waals surface area contributed by atoms with Crippen LogP contribution >= 0.6 is 0 Å². The number of hydrogen-bond acceptors (Lipinski definition) is 6. The number of primary sulfonamides is 2. The van der Waals surface area contributed by atoms with E-state index in [2.05, 4.69) is 5.32 Å². The van der Waals surface area contributed by atoms with E-state index in [-0.39, 0.29) is 16.3 Å². The zero-order chi connectivity index (χ0) is 16.5. The molecule has 118 valence electrons. The molecule has 0 saturated heterocycles. The summed E-state index contributed by atoms with van der Waals surface area (Å²) in [5, 5.41) is 11.7. The lowest BCUT2D eigenvalue weighted by Crippen LogP contribution is -2.14. The first kappa shape index (κ1) is 16.2. The fourth-order valence-electron chi connectivity index (χ4n) is 1.52. The Balaban J connectivity index is 2.17. The van der Waals surface area contributed by atoms with Crippen molar-refractivity contribution < 1.29 is 26.0 Å². The molecule has 0 saturated carbocycles. The summed E-state index contributed by atoms with van der Waals surface area (Å²) >= 11 is 0. The molecule has 0 unspecified atom stereocenters. The zero-order valence-corrected chi connectivity index (χ0v) is 12.5. The highest BCUT2D eigenvalue weighted by molar-refractivity contribution is 7.89. The van der Waals surface area contributed by atoms with E-state index < -0.39 is 31.0 Å². The molecule has 11 heteroatoms. The van der Waals surface area contributed by atoms with Gasteiger partial charge >= 0.3 is 0 Å². The van der Waals surface area contributed by atoms with E-state index >= 15 is 0 Å². The molecule has 1 aromatic carbocycles. The number of benzene rings is 1. The average molecular weight is 345 g/mol. The second-order valence-corrected chi connectivity index (χ2v) is 7.24. The summed E-state index contributed by atoms with van der Waals surface area (Å²) in [7, 11) is -7.86. The van der Waals surface area contributed by atoms with Gasteiger partial charge in [-0.25, -0.2) is 27.1 Å². The molecule has 0 spiro atoms. The van der Waals surface area contributed by atoms with Crippen LogP contribution in [0.15, 0.2) is 50.8 Å². The van der Waals surface area contributed by atoms with E-state index in [4.69, 9.17) is 14.7 Å². The lowest BCUT2D eigenvalue weighted by atomic mass is 10.3. The van der Waals surface area contributed by atoms with Gasteiger partial charge in [0.05, 0.1) is 4.90 Å². The molecule has 0 radical (unpaired) electrons. The van der Waals surface area contributed by atoms with E-state index in [9.17, 15) is 21.6 Å². The van der Waals surface area contributed by atoms with Crippen molar-refractivity contribution in [3.8, 4) is 0 Å². The molecule has 9 nitrogen and oxygen atoms in total. The van der Waals surface area contributed by atoms with Crippen LogP contribution in [0.5, 0.6) is 0 Å². The molecule has 1 aromatic heterocycles. The lowest BCUT2D eigenvalue weighted by Gasteiger charge is -2.04. The van der Waals surface area contributed by atoms with E-state index in [0.717, 1.165) is 12.1 Å². The maximum atomic E-state index is 11.9. The van der Waals surface area contributed by atoms with Gasteiger partial charge in [0.1, 0.15) is 0 Å². The molecular formula is C11H11N3O6S2. The average Bonchev–Trinajstić information content (AvgIpc) is 2.87. The van der Waals surface area contributed by atoms with Gasteiger partial charge in [0.15, 0.2) is 5.76 Å². The molecule has 0 aliphatic carbocycles. The van der Waals surface area contributed by atoms with Crippen molar-refractivity contribution in [2.24, 2.45) is 10.3 Å². The Morgan fingerprint density at radius 2 is 1.50 bits per heavy atom. The maximum absolute atomic E-state index is 11.9. The third kappa shape index (κ3) is 3.71. The van der Waals surface area contributed by atoms with Crippen molar-refractivity contribution in [2.45, 2.75) is 9.99 Å². The molecule has 22 heavy (non-hydrogen) atoms. The Kier molecular flexibility index (Phi) is 4.06. The monoisotopic (exact) mass is 345 g/mol. The highest BCUT2D eigenvalue weighted by atomic mass is 32.2. The Hall–Kier alpha value is -2.21. The molecule has 1 amide bonds. The molecule has 0 aliphatic heterocycles. The fraction of sp³-hybridized carbons (Fsp3) is 0. The Bertz CT molecular complexity index is 913. The van der Waals surface area contributed by atoms with Gasteiger partial charge in [-0.1, -0.05) is 0 Å². The first-order valence-corrected chi connectivity index (χ1v) is 8.73. The van der Waals surface area contributed by atoms with Crippen LogP contribution in [0.2, 0.25) is 0 Å². The van der Waals surface area contributed by atoms with Crippen LogP contribution in [0, 0.1) is 0 Å². The topological polar surface area (TPSA) is 163 Å². The molecule has 5 N–H and O–H groups in total. The largest absolute Gasteiger partial charge is 0.438 e. The van der Waals surface area contributed by atoms with E-state index in [0.29, 0.717) is 0 Å². The number of furan rings is 1. The quantitative estimate of drug-likeness (QED) is 0.696. The van der Waals surface area contributed by atoms with Crippen molar-refractivity contribution in [3.63, 3.8) is 0 Å². The van der Waals surface area contributed by atoms with Gasteiger partial charge in [0.2, 0.25) is 15.1 Å². The van der Waals surface area contributed by atoms with E-state index in [1.165, 1.54) is 24.3 Å². The van der Waals surface area contributed by atoms with Crippen molar-refractivity contribution >= 4 is 31.6 Å². The summed E-state index contributed by atoms with van der Waals surface area (Å²) in [4.78, 5) is 11.7. The Labute approximate surface area is 126 Å². The van der Waals surface area contributed by atoms with Gasteiger partial charge in [-0.3, -0.25) is 4.79 Å². The first-order chi connectivity index (χ1) is 10.1. The summed E-state index contributed by atoms with van der Waals surface area (Å²) in [5.41, 5.74) is 0.269. The minimum atomic E-state index is -4.04. The number of nitrogens with two attached hydrogens (primary N) is 2. The van der Waals surface area contributed by atoms with E-state index in [1.54, 1.807) is 0 Å². The molecule has 0 fully saturated rings. The molecular weight excluding hydrogens is 334 g/mol. The summed E-state index contributed by atoms with van der Waals surface area (Å²) in [5.74, 6) is -0.988. The number of nitrogens with one attached hydrogen (secondary N) is 1. The third-order valence-corrected chi connectivity index (χ3v) is 4.24. The lowest BCUT2D eigenvalue weighted by molar-refractivity contribution is 0.0991. The number of hydrogen-bond donors (Lipinski definition) is 3. The predicted octanol–water partition coefficient (Wildman–Crippen LogP) is -0.173. The maximum Gasteiger partial charge on any atom is 0.291 e. The Morgan fingerprint density at radius 3 is 1.95 bits per heavy atom. The van der Waals surface area contributed by atoms with Crippen LogP contribution in [0.3, 0.4) is 0 Å². The molecule has 1 heterocycles. The molecule has 2 aromatic rings. The van der Waals surface area contributed by atoms with Gasteiger partial charge in [-0.05, 0) is 36.4 Å². The van der Waals surface area contributed by atoms with Crippen molar-refractivity contribution in [3.05, 3.63) is 42.2 Å². The summed E-state index contributed by atoms with van der Waals surface area (Å²) in [6.45, 7) is 0. The number of anilines is 1. The molecule has 0 bridgehead atoms. The number of carbonyl (C=O) groups excluding carboxylic acids is 1. The van der Waals surface area contributed by atoms with Gasteiger partial charge < -0.3 is 9.73 Å². The van der Waals surface area contributed by atoms with Gasteiger partial charge in [-0.15, -0.1) is 0 Å². The fourth-order valence-corrected chi connectivity index (χ4v) is 2.49. The number of sulfonamides is 2. The van der Waals surface area contributed by atoms with E-state index in [1.807, 2.05) is 0 Å². The number of rotatable bonds is 4. The summed E-state index contributed by atoms with van der Waals surface area (Å²) in [6, 6.07) is 7.26. The predicted molar refractivity (Wildman–Crippen MR) is 75.8 cm³/mol. The minimum absolute atomic E-state index is 0.111. The molecule has 0 aliphatic rings. The van der Waals surface area contributed by atoms with Gasteiger partial charge in [0, 0.05) is 5.69 Å². The van der Waals surface area contributed by atoms with Gasteiger partial charge in [-0.2, -0.15) is 0 Å². The standard InChI is InChI=1S/C11H11N3O6S2/c12-21(16,17)8-3-1-7(2-4-8)14-11(15)9-5-6-10(20-9)22(13,18)19/h1-6H,(H,14,15)(H2,12,16,17)(H2,13,18,19). The zero-order valence-electron chi connectivity index (χ0n) is 10.9. The normalized spacial score (nSPS) is 12.1. The minimum Gasteiger partial charge on any atom is -0.438 e. The first-order valence-electron chi connectivity index (χ1n) is 5.64. The van der Waals surface area contributed by atoms with Crippen molar-refractivity contribution in [2.75, 3.05) is 5.32 Å². The number of carbonyl (C=O) groups is 1. The van der Waals surface area contributed by atoms with Crippen molar-refractivity contribution in [1.29, 1.82) is 0 Å². The molecule has 2 rings (SSSR count). The van der Waals surface area contributed by atoms with Crippen LogP contribution in [-0.2, 0) is 20.0 Å². The highest BCUT2D eigenvalue weighted by Crippen LogP contribution is 2.16. The van der Waals surface area contributed by atoms with Crippen LogP contribution in [0.4, 0.5) is 5.69 Å². The summed E-state index contributed by atoms with van der Waals surface area (Å²) in [6.07, 6.45) is 0. The van der Waals surface area contributed by atoms with Crippen LogP contribution in [0.1, 0.15) is 10.6 Å². The van der Waals surface area contributed by atoms with Crippen LogP contribution in [0.25, 0.3) is 0 Å². The second kappa shape index (κ2) is 5.53. The third-order valence-electron chi connectivity index (χ3n) is 2.53. The van der Waals surface area contributed by atoms with Crippen molar-refractivity contribution in [1.82, 2.24) is 0 Å². The highest BCUT2D eigenvalue weighted by Gasteiger charge is 2.17. The second-order valence-electron chi connectivity index (χ2n) is 4.19. The van der Waals surface area contributed by atoms with Crippen LogP contribution < -0.4 is 15.6 Å². The van der Waals surface area contributed by atoms with Crippen LogP contribution in [-0.4, -0.2) is 22.7 Å². The SMILES string of the molecule is NS(=O)(=O)c1ccc(NC(=O)c2ccc(S(N)(=O)=O)o2)cc1. The smallest absolute Gasteiger partial charge is 0.291 e. The Morgan fingerprint density at radius 1 is 0.909 bits per heavy atom. The molecule has 0 atom stereocenters. The number of amides is 1. The van der Waals surface area contributed by atoms with Gasteiger partial charge in [0.25, 0.3) is 15.9 Å².